The predicted molar refractivity (Wildman–Crippen MR) is 205 cm³/mol. The molecule has 0 aliphatic heterocycles. The summed E-state index contributed by atoms with van der Waals surface area (Å²) in [6.45, 7) is 4.06. The van der Waals surface area contributed by atoms with Crippen molar-refractivity contribution in [2.75, 3.05) is 18.6 Å². The molecule has 6 aromatic rings. The van der Waals surface area contributed by atoms with Crippen molar-refractivity contribution in [3.05, 3.63) is 134 Å². The number of nitrogens with two attached hydrogens (primary N) is 2. The number of aliphatic imine (C=N–C) groups is 2. The fraction of sp³-hybridized carbons (Fsp3) is 0.125. The SMILES string of the molecule is CC=Nc1ccc2c(c1)Cc1cc(N=Cc3ccc(C)s3)ccc1-2.COc1ccc(C=O)s1.Nc1ccc2c(c1)Cc1cc(N)ccc1-2. The highest BCUT2D eigenvalue weighted by Gasteiger charge is 2.19. The van der Waals surface area contributed by atoms with Gasteiger partial charge in [0.1, 0.15) is 0 Å². The average Bonchev–Trinajstić information content (AvgIpc) is 3.88. The molecule has 8 rings (SSSR count). The van der Waals surface area contributed by atoms with Gasteiger partial charge in [-0.1, -0.05) is 35.6 Å². The number of carbonyl (C=O) groups is 1. The van der Waals surface area contributed by atoms with Crippen LogP contribution in [0.15, 0.2) is 107 Å². The van der Waals surface area contributed by atoms with Crippen LogP contribution in [0.25, 0.3) is 22.3 Å². The number of nitrogens with zero attached hydrogens (tertiary/aromatic N) is 2. The zero-order valence-corrected chi connectivity index (χ0v) is 28.7. The zero-order chi connectivity index (χ0) is 33.6. The maximum Gasteiger partial charge on any atom is 0.173 e. The Balaban J connectivity index is 0.000000142. The Morgan fingerprint density at radius 1 is 0.646 bits per heavy atom. The van der Waals surface area contributed by atoms with Crippen LogP contribution < -0.4 is 16.2 Å². The molecule has 240 valence electrons. The van der Waals surface area contributed by atoms with Crippen LogP contribution in [-0.2, 0) is 12.8 Å². The van der Waals surface area contributed by atoms with E-state index in [2.05, 4.69) is 77.6 Å². The summed E-state index contributed by atoms with van der Waals surface area (Å²) in [5, 5.41) is 0.775. The van der Waals surface area contributed by atoms with Crippen LogP contribution in [0.5, 0.6) is 5.06 Å². The number of thiophene rings is 2. The smallest absolute Gasteiger partial charge is 0.173 e. The van der Waals surface area contributed by atoms with Crippen molar-refractivity contribution >= 4 is 64.1 Å². The molecule has 6 nitrogen and oxygen atoms in total. The second-order valence-electron chi connectivity index (χ2n) is 11.4. The first-order valence-electron chi connectivity index (χ1n) is 15.5. The molecule has 0 saturated heterocycles. The lowest BCUT2D eigenvalue weighted by atomic mass is 10.1. The molecule has 8 heteroatoms. The van der Waals surface area contributed by atoms with E-state index in [4.69, 9.17) is 16.2 Å². The Bertz CT molecular complexity index is 2110. The molecule has 0 radical (unpaired) electrons. The maximum absolute atomic E-state index is 10.1. The van der Waals surface area contributed by atoms with Gasteiger partial charge in [-0.25, -0.2) is 0 Å². The average molecular weight is 669 g/mol. The number of benzene rings is 4. The van der Waals surface area contributed by atoms with E-state index >= 15 is 0 Å². The maximum atomic E-state index is 10.1. The minimum Gasteiger partial charge on any atom is -0.487 e. The van der Waals surface area contributed by atoms with Gasteiger partial charge in [0.2, 0.25) is 0 Å². The van der Waals surface area contributed by atoms with E-state index in [1.807, 2.05) is 43.6 Å². The molecule has 0 atom stereocenters. The van der Waals surface area contributed by atoms with Gasteiger partial charge in [-0.05, 0) is 144 Å². The molecule has 0 fully saturated rings. The largest absolute Gasteiger partial charge is 0.487 e. The van der Waals surface area contributed by atoms with E-state index in [0.717, 1.165) is 46.9 Å². The second kappa shape index (κ2) is 14.6. The number of aldehydes is 1. The van der Waals surface area contributed by atoms with Crippen LogP contribution in [0, 0.1) is 6.92 Å². The molecular formula is C40H36N4O2S2. The van der Waals surface area contributed by atoms with Gasteiger partial charge in [0.05, 0.1) is 23.4 Å². The minimum atomic E-state index is 0.701. The van der Waals surface area contributed by atoms with E-state index in [1.54, 1.807) is 30.6 Å². The molecule has 0 bridgehead atoms. The van der Waals surface area contributed by atoms with Crippen molar-refractivity contribution in [3.63, 3.8) is 0 Å². The van der Waals surface area contributed by atoms with Crippen molar-refractivity contribution in [2.24, 2.45) is 9.98 Å². The highest BCUT2D eigenvalue weighted by molar-refractivity contribution is 7.15. The van der Waals surface area contributed by atoms with E-state index in [1.165, 1.54) is 65.6 Å². The number of carbonyl (C=O) groups excluding carboxylic acids is 1. The first-order valence-corrected chi connectivity index (χ1v) is 17.2. The lowest BCUT2D eigenvalue weighted by Gasteiger charge is -2.02. The Labute approximate surface area is 289 Å². The highest BCUT2D eigenvalue weighted by Crippen LogP contribution is 2.40. The number of anilines is 2. The third kappa shape index (κ3) is 7.46. The fourth-order valence-corrected chi connectivity index (χ4v) is 7.30. The quantitative estimate of drug-likeness (QED) is 0.108. The third-order valence-electron chi connectivity index (χ3n) is 8.08. The molecule has 2 aliphatic rings. The Morgan fingerprint density at radius 2 is 1.17 bits per heavy atom. The topological polar surface area (TPSA) is 103 Å². The van der Waals surface area contributed by atoms with Gasteiger partial charge < -0.3 is 16.2 Å². The molecule has 2 aromatic heterocycles. The number of nitrogen functional groups attached to an aromatic ring is 2. The summed E-state index contributed by atoms with van der Waals surface area (Å²) in [4.78, 5) is 22.3. The Hall–Kier alpha value is -5.31. The summed E-state index contributed by atoms with van der Waals surface area (Å²) < 4.78 is 4.86. The number of ether oxygens (including phenoxy) is 1. The number of hydrogen-bond acceptors (Lipinski definition) is 8. The van der Waals surface area contributed by atoms with Gasteiger partial charge >= 0.3 is 0 Å². The molecule has 0 spiro atoms. The molecule has 0 amide bonds. The van der Waals surface area contributed by atoms with E-state index in [9.17, 15) is 4.79 Å². The summed E-state index contributed by atoms with van der Waals surface area (Å²) >= 11 is 3.11. The number of rotatable bonds is 5. The van der Waals surface area contributed by atoms with E-state index < -0.39 is 0 Å². The monoisotopic (exact) mass is 668 g/mol. The number of fused-ring (bicyclic) bond motifs is 6. The van der Waals surface area contributed by atoms with Gasteiger partial charge in [0.15, 0.2) is 11.3 Å². The molecule has 2 aliphatic carbocycles. The summed E-state index contributed by atoms with van der Waals surface area (Å²) in [6, 6.07) is 32.9. The number of aryl methyl sites for hydroxylation is 1. The van der Waals surface area contributed by atoms with Crippen molar-refractivity contribution in [3.8, 4) is 27.3 Å². The Kier molecular flexibility index (Phi) is 9.94. The van der Waals surface area contributed by atoms with Crippen molar-refractivity contribution in [2.45, 2.75) is 26.7 Å². The lowest BCUT2D eigenvalue weighted by molar-refractivity contribution is 0.112. The highest BCUT2D eigenvalue weighted by atomic mass is 32.1. The lowest BCUT2D eigenvalue weighted by Crippen LogP contribution is -1.87. The summed E-state index contributed by atoms with van der Waals surface area (Å²) in [5.41, 5.74) is 25.8. The second-order valence-corrected chi connectivity index (χ2v) is 13.8. The first kappa shape index (κ1) is 32.6. The van der Waals surface area contributed by atoms with Crippen LogP contribution in [0.3, 0.4) is 0 Å². The van der Waals surface area contributed by atoms with E-state index in [-0.39, 0.29) is 0 Å². The molecule has 48 heavy (non-hydrogen) atoms. The van der Waals surface area contributed by atoms with Crippen LogP contribution >= 0.6 is 22.7 Å². The summed E-state index contributed by atoms with van der Waals surface area (Å²) in [6.07, 6.45) is 6.51. The van der Waals surface area contributed by atoms with Gasteiger partial charge in [0.25, 0.3) is 0 Å². The summed E-state index contributed by atoms with van der Waals surface area (Å²) in [7, 11) is 1.58. The van der Waals surface area contributed by atoms with Crippen LogP contribution in [-0.4, -0.2) is 25.8 Å². The summed E-state index contributed by atoms with van der Waals surface area (Å²) in [5.74, 6) is 0. The van der Waals surface area contributed by atoms with Gasteiger partial charge in [-0.3, -0.25) is 14.8 Å². The molecule has 4 N–H and O–H groups in total. The predicted octanol–water partition coefficient (Wildman–Crippen LogP) is 10.1. The molecule has 2 heterocycles. The van der Waals surface area contributed by atoms with Crippen molar-refractivity contribution in [1.82, 2.24) is 0 Å². The van der Waals surface area contributed by atoms with Crippen molar-refractivity contribution in [1.29, 1.82) is 0 Å². The Morgan fingerprint density at radius 3 is 1.62 bits per heavy atom. The van der Waals surface area contributed by atoms with Gasteiger partial charge in [0, 0.05) is 33.6 Å². The normalized spacial score (nSPS) is 12.0. The van der Waals surface area contributed by atoms with Crippen molar-refractivity contribution < 1.29 is 9.53 Å². The van der Waals surface area contributed by atoms with Crippen LogP contribution in [0.2, 0.25) is 0 Å². The first-order chi connectivity index (χ1) is 23.3. The third-order valence-corrected chi connectivity index (χ3v) is 9.99. The molecular weight excluding hydrogens is 633 g/mol. The molecule has 0 unspecified atom stereocenters. The van der Waals surface area contributed by atoms with E-state index in [0.29, 0.717) is 4.88 Å². The zero-order valence-electron chi connectivity index (χ0n) is 27.1. The van der Waals surface area contributed by atoms with Crippen LogP contribution in [0.1, 0.15) is 48.6 Å². The molecule has 4 aromatic carbocycles. The standard InChI is InChI=1S/C21H18N2S.C13H12N2.C6H6O2S/c1-3-22-17-5-8-20-15(11-17)10-16-12-18(6-9-21(16)20)23-13-19-7-4-14(2)24-19;14-10-1-3-12-8(6-10)5-9-7-11(15)2-4-13(9)12;1-8-6-3-2-5(4-7)9-6/h3-9,11-13H,10H2,1-2H3;1-4,6-7H,5,14-15H2;2-4H,1H3. The van der Waals surface area contributed by atoms with Crippen LogP contribution in [0.4, 0.5) is 22.7 Å². The number of hydrogen-bond donors (Lipinski definition) is 2. The molecule has 0 saturated carbocycles. The van der Waals surface area contributed by atoms with Gasteiger partial charge in [-0.15, -0.1) is 11.3 Å². The van der Waals surface area contributed by atoms with Gasteiger partial charge in [-0.2, -0.15) is 0 Å². The fourth-order valence-electron chi connectivity index (χ4n) is 5.91. The minimum absolute atomic E-state index is 0.701. The number of methoxy groups -OCH3 is 1.